The number of carbonyl (C=O) groups is 1. The third kappa shape index (κ3) is 6.37. The molecular formula is C22H22ClFN2OS. The SMILES string of the molecule is Cl.N[C@@H](Cc1ccccc1)C(=O)Nc1ccc(SCc2ccccc2)c(F)c1. The van der Waals surface area contributed by atoms with Crippen molar-refractivity contribution in [1.82, 2.24) is 0 Å². The summed E-state index contributed by atoms with van der Waals surface area (Å²) < 4.78 is 14.3. The van der Waals surface area contributed by atoms with Gasteiger partial charge in [0.25, 0.3) is 0 Å². The van der Waals surface area contributed by atoms with E-state index < -0.39 is 6.04 Å². The third-order valence-electron chi connectivity index (χ3n) is 4.07. The van der Waals surface area contributed by atoms with E-state index in [1.807, 2.05) is 60.7 Å². The molecule has 6 heteroatoms. The predicted octanol–water partition coefficient (Wildman–Crippen LogP) is 5.05. The number of hydrogen-bond donors (Lipinski definition) is 2. The molecule has 146 valence electrons. The summed E-state index contributed by atoms with van der Waals surface area (Å²) in [5, 5.41) is 2.69. The van der Waals surface area contributed by atoms with Crippen molar-refractivity contribution in [1.29, 1.82) is 0 Å². The van der Waals surface area contributed by atoms with Crippen LogP contribution in [0, 0.1) is 5.82 Å². The molecule has 1 atom stereocenters. The van der Waals surface area contributed by atoms with Crippen LogP contribution in [0.2, 0.25) is 0 Å². The third-order valence-corrected chi connectivity index (χ3v) is 5.19. The number of thioether (sulfide) groups is 1. The molecule has 0 radical (unpaired) electrons. The zero-order chi connectivity index (χ0) is 19.1. The molecule has 0 bridgehead atoms. The lowest BCUT2D eigenvalue weighted by atomic mass is 10.1. The van der Waals surface area contributed by atoms with Gasteiger partial charge in [-0.15, -0.1) is 24.2 Å². The van der Waals surface area contributed by atoms with Crippen LogP contribution >= 0.6 is 24.2 Å². The topological polar surface area (TPSA) is 55.1 Å². The Labute approximate surface area is 174 Å². The lowest BCUT2D eigenvalue weighted by molar-refractivity contribution is -0.117. The fourth-order valence-corrected chi connectivity index (χ4v) is 3.50. The van der Waals surface area contributed by atoms with Crippen LogP contribution in [-0.4, -0.2) is 11.9 Å². The van der Waals surface area contributed by atoms with Crippen LogP contribution in [0.15, 0.2) is 83.8 Å². The van der Waals surface area contributed by atoms with Crippen LogP contribution in [0.4, 0.5) is 10.1 Å². The quantitative estimate of drug-likeness (QED) is 0.530. The highest BCUT2D eigenvalue weighted by atomic mass is 35.5. The normalized spacial score (nSPS) is 11.4. The molecule has 3 N–H and O–H groups in total. The van der Waals surface area contributed by atoms with E-state index in [0.29, 0.717) is 22.8 Å². The van der Waals surface area contributed by atoms with E-state index in [1.165, 1.54) is 17.8 Å². The number of nitrogens with one attached hydrogen (secondary N) is 1. The molecule has 3 rings (SSSR count). The Morgan fingerprint density at radius 2 is 1.57 bits per heavy atom. The summed E-state index contributed by atoms with van der Waals surface area (Å²) in [6.07, 6.45) is 0.431. The maximum Gasteiger partial charge on any atom is 0.241 e. The zero-order valence-corrected chi connectivity index (χ0v) is 16.8. The maximum atomic E-state index is 14.3. The van der Waals surface area contributed by atoms with Gasteiger partial charge in [-0.05, 0) is 35.7 Å². The second kappa shape index (κ2) is 10.9. The van der Waals surface area contributed by atoms with Crippen LogP contribution < -0.4 is 11.1 Å². The van der Waals surface area contributed by atoms with E-state index in [-0.39, 0.29) is 24.1 Å². The Kier molecular flexibility index (Phi) is 8.51. The molecule has 0 aliphatic heterocycles. The van der Waals surface area contributed by atoms with Crippen molar-refractivity contribution < 1.29 is 9.18 Å². The number of halogens is 2. The maximum absolute atomic E-state index is 14.3. The van der Waals surface area contributed by atoms with Crippen molar-refractivity contribution in [2.24, 2.45) is 5.73 Å². The summed E-state index contributed by atoms with van der Waals surface area (Å²) >= 11 is 1.42. The van der Waals surface area contributed by atoms with Crippen molar-refractivity contribution in [3.05, 3.63) is 95.8 Å². The fraction of sp³-hybridized carbons (Fsp3) is 0.136. The van der Waals surface area contributed by atoms with Crippen molar-refractivity contribution in [3.63, 3.8) is 0 Å². The number of amides is 1. The highest BCUT2D eigenvalue weighted by Crippen LogP contribution is 2.27. The van der Waals surface area contributed by atoms with E-state index >= 15 is 0 Å². The van der Waals surface area contributed by atoms with Crippen LogP contribution in [0.1, 0.15) is 11.1 Å². The lowest BCUT2D eigenvalue weighted by Gasteiger charge is -2.13. The number of carbonyl (C=O) groups excluding carboxylic acids is 1. The molecule has 3 aromatic carbocycles. The van der Waals surface area contributed by atoms with E-state index in [2.05, 4.69) is 5.32 Å². The first-order chi connectivity index (χ1) is 13.1. The van der Waals surface area contributed by atoms with Gasteiger partial charge in [0, 0.05) is 16.3 Å². The molecular weight excluding hydrogens is 395 g/mol. The Morgan fingerprint density at radius 3 is 2.18 bits per heavy atom. The average Bonchev–Trinajstić information content (AvgIpc) is 2.69. The number of hydrogen-bond acceptors (Lipinski definition) is 3. The first-order valence-corrected chi connectivity index (χ1v) is 9.67. The summed E-state index contributed by atoms with van der Waals surface area (Å²) in [6.45, 7) is 0. The summed E-state index contributed by atoms with van der Waals surface area (Å²) in [5.74, 6) is -0.000828. The van der Waals surface area contributed by atoms with Gasteiger partial charge in [-0.2, -0.15) is 0 Å². The van der Waals surface area contributed by atoms with Crippen LogP contribution in [-0.2, 0) is 17.0 Å². The smallest absolute Gasteiger partial charge is 0.241 e. The molecule has 0 aliphatic carbocycles. The van der Waals surface area contributed by atoms with Gasteiger partial charge in [0.15, 0.2) is 0 Å². The van der Waals surface area contributed by atoms with E-state index in [1.54, 1.807) is 12.1 Å². The minimum atomic E-state index is -0.692. The van der Waals surface area contributed by atoms with Crippen molar-refractivity contribution in [2.45, 2.75) is 23.1 Å². The van der Waals surface area contributed by atoms with Crippen LogP contribution in [0.5, 0.6) is 0 Å². The summed E-state index contributed by atoms with van der Waals surface area (Å²) in [5.41, 5.74) is 8.49. The molecule has 28 heavy (non-hydrogen) atoms. The largest absolute Gasteiger partial charge is 0.325 e. The molecule has 3 aromatic rings. The van der Waals surface area contributed by atoms with Gasteiger partial charge in [0.2, 0.25) is 5.91 Å². The summed E-state index contributed by atoms with van der Waals surface area (Å²) in [7, 11) is 0. The zero-order valence-electron chi connectivity index (χ0n) is 15.2. The molecule has 3 nitrogen and oxygen atoms in total. The Bertz CT molecular complexity index is 894. The van der Waals surface area contributed by atoms with Gasteiger partial charge in [-0.3, -0.25) is 4.79 Å². The first-order valence-electron chi connectivity index (χ1n) is 8.68. The van der Waals surface area contributed by atoms with Crippen molar-refractivity contribution in [2.75, 3.05) is 5.32 Å². The standard InChI is InChI=1S/C22H21FN2OS.ClH/c23-19-14-18(11-12-21(19)27-15-17-9-5-2-6-10-17)25-22(26)20(24)13-16-7-3-1-4-8-16;/h1-12,14,20H,13,15,24H2,(H,25,26);1H/t20-;/m0./s1. The van der Waals surface area contributed by atoms with Crippen molar-refractivity contribution >= 4 is 35.8 Å². The molecule has 0 saturated carbocycles. The predicted molar refractivity (Wildman–Crippen MR) is 116 cm³/mol. The van der Waals surface area contributed by atoms with E-state index in [0.717, 1.165) is 11.1 Å². The van der Waals surface area contributed by atoms with Gasteiger partial charge in [0.05, 0.1) is 6.04 Å². The highest BCUT2D eigenvalue weighted by molar-refractivity contribution is 7.98. The minimum Gasteiger partial charge on any atom is -0.325 e. The molecule has 0 aliphatic rings. The first kappa shape index (κ1) is 22.0. The Morgan fingerprint density at radius 1 is 0.964 bits per heavy atom. The van der Waals surface area contributed by atoms with Gasteiger partial charge in [-0.1, -0.05) is 60.7 Å². The van der Waals surface area contributed by atoms with Crippen LogP contribution in [0.25, 0.3) is 0 Å². The molecule has 0 spiro atoms. The highest BCUT2D eigenvalue weighted by Gasteiger charge is 2.15. The molecule has 0 fully saturated rings. The van der Waals surface area contributed by atoms with E-state index in [9.17, 15) is 9.18 Å². The number of anilines is 1. The van der Waals surface area contributed by atoms with Gasteiger partial charge >= 0.3 is 0 Å². The molecule has 1 amide bonds. The van der Waals surface area contributed by atoms with E-state index in [4.69, 9.17) is 5.73 Å². The second-order valence-electron chi connectivity index (χ2n) is 6.20. The van der Waals surface area contributed by atoms with Gasteiger partial charge < -0.3 is 11.1 Å². The molecule has 0 aromatic heterocycles. The number of rotatable bonds is 7. The molecule has 0 saturated heterocycles. The molecule has 0 heterocycles. The summed E-state index contributed by atoms with van der Waals surface area (Å²) in [4.78, 5) is 12.8. The molecule has 0 unspecified atom stereocenters. The number of benzene rings is 3. The lowest BCUT2D eigenvalue weighted by Crippen LogP contribution is -2.37. The fourth-order valence-electron chi connectivity index (χ4n) is 2.63. The van der Waals surface area contributed by atoms with Crippen molar-refractivity contribution in [3.8, 4) is 0 Å². The summed E-state index contributed by atoms with van der Waals surface area (Å²) in [6, 6.07) is 23.5. The Balaban J connectivity index is 0.00000280. The van der Waals surface area contributed by atoms with Gasteiger partial charge in [-0.25, -0.2) is 4.39 Å². The van der Waals surface area contributed by atoms with Gasteiger partial charge in [0.1, 0.15) is 5.82 Å². The number of nitrogens with two attached hydrogens (primary N) is 1. The monoisotopic (exact) mass is 416 g/mol. The van der Waals surface area contributed by atoms with Crippen LogP contribution in [0.3, 0.4) is 0 Å². The Hall–Kier alpha value is -2.34. The second-order valence-corrected chi connectivity index (χ2v) is 7.22. The average molecular weight is 417 g/mol. The minimum absolute atomic E-state index is 0.